The molecule has 0 aliphatic heterocycles. The number of methoxy groups -OCH3 is 1. The molecule has 0 saturated carbocycles. The Labute approximate surface area is 155 Å². The number of carbonyl (C=O) groups is 2. The van der Waals surface area contributed by atoms with Gasteiger partial charge in [0.05, 0.1) is 18.5 Å². The monoisotopic (exact) mass is 369 g/mol. The van der Waals surface area contributed by atoms with Crippen molar-refractivity contribution in [3.8, 4) is 5.75 Å². The molecule has 2 aromatic heterocycles. The maximum Gasteiger partial charge on any atom is 0.360 e. The molecular weight excluding hydrogens is 350 g/mol. The van der Waals surface area contributed by atoms with Crippen molar-refractivity contribution in [1.82, 2.24) is 19.6 Å². The third kappa shape index (κ3) is 3.97. The number of amides is 1. The van der Waals surface area contributed by atoms with Crippen LogP contribution in [0.3, 0.4) is 0 Å². The van der Waals surface area contributed by atoms with Crippen LogP contribution in [-0.2, 0) is 18.5 Å². The summed E-state index contributed by atoms with van der Waals surface area (Å²) in [6.07, 6.45) is 1.63. The van der Waals surface area contributed by atoms with Crippen molar-refractivity contribution in [2.75, 3.05) is 12.4 Å². The molecule has 0 aliphatic rings. The number of aromatic nitrogens is 4. The number of nitrogens with zero attached hydrogens (tertiary/aromatic N) is 4. The van der Waals surface area contributed by atoms with Gasteiger partial charge >= 0.3 is 5.97 Å². The summed E-state index contributed by atoms with van der Waals surface area (Å²) in [6, 6.07) is 10.9. The van der Waals surface area contributed by atoms with Crippen LogP contribution >= 0.6 is 0 Å². The first-order chi connectivity index (χ1) is 13.0. The molecule has 3 aromatic rings. The van der Waals surface area contributed by atoms with Gasteiger partial charge in [0, 0.05) is 13.2 Å². The minimum absolute atomic E-state index is 0.0395. The molecule has 0 spiro atoms. The van der Waals surface area contributed by atoms with E-state index in [-0.39, 0.29) is 18.1 Å². The molecule has 0 atom stereocenters. The summed E-state index contributed by atoms with van der Waals surface area (Å²) in [5, 5.41) is 10.9. The van der Waals surface area contributed by atoms with E-state index in [9.17, 15) is 9.59 Å². The Morgan fingerprint density at radius 1 is 1.15 bits per heavy atom. The molecular formula is C18H19N5O4. The predicted octanol–water partition coefficient (Wildman–Crippen LogP) is 2.00. The first-order valence-corrected chi connectivity index (χ1v) is 8.14. The predicted molar refractivity (Wildman–Crippen MR) is 96.5 cm³/mol. The summed E-state index contributed by atoms with van der Waals surface area (Å²) in [4.78, 5) is 24.4. The van der Waals surface area contributed by atoms with Gasteiger partial charge < -0.3 is 14.8 Å². The van der Waals surface area contributed by atoms with E-state index in [0.29, 0.717) is 17.1 Å². The first-order valence-electron chi connectivity index (χ1n) is 8.14. The minimum atomic E-state index is -0.629. The normalized spacial score (nSPS) is 10.5. The van der Waals surface area contributed by atoms with Crippen molar-refractivity contribution >= 4 is 17.6 Å². The minimum Gasteiger partial charge on any atom is -0.471 e. The molecule has 0 aliphatic carbocycles. The molecule has 27 heavy (non-hydrogen) atoms. The average molecular weight is 369 g/mol. The van der Waals surface area contributed by atoms with Crippen molar-refractivity contribution in [3.63, 3.8) is 0 Å². The van der Waals surface area contributed by atoms with Gasteiger partial charge in [-0.2, -0.15) is 10.2 Å². The van der Waals surface area contributed by atoms with Gasteiger partial charge in [-0.05, 0) is 25.1 Å². The number of nitrogens with one attached hydrogen (secondary N) is 1. The molecule has 0 unspecified atom stereocenters. The van der Waals surface area contributed by atoms with Crippen molar-refractivity contribution in [2.24, 2.45) is 7.05 Å². The van der Waals surface area contributed by atoms with Crippen molar-refractivity contribution in [2.45, 2.75) is 13.7 Å². The van der Waals surface area contributed by atoms with E-state index in [1.54, 1.807) is 26.2 Å². The number of ether oxygens (including phenoxy) is 2. The topological polar surface area (TPSA) is 100 Å². The lowest BCUT2D eigenvalue weighted by Crippen LogP contribution is -2.17. The fraction of sp³-hybridized carbons (Fsp3) is 0.222. The van der Waals surface area contributed by atoms with Crippen LogP contribution in [0.1, 0.15) is 26.7 Å². The van der Waals surface area contributed by atoms with E-state index >= 15 is 0 Å². The van der Waals surface area contributed by atoms with Gasteiger partial charge in [-0.15, -0.1) is 0 Å². The summed E-state index contributed by atoms with van der Waals surface area (Å²) in [7, 11) is 2.93. The van der Waals surface area contributed by atoms with E-state index in [2.05, 4.69) is 15.5 Å². The van der Waals surface area contributed by atoms with E-state index in [1.807, 2.05) is 30.3 Å². The second-order valence-corrected chi connectivity index (χ2v) is 5.71. The number of carbonyl (C=O) groups excluding carboxylic acids is 2. The standard InChI is InChI=1S/C18H19N5O4/c1-12-15(16(18(25)26-3)21-22(12)2)19-17(24)14-9-10-23(20-14)11-27-13-7-5-4-6-8-13/h4-10H,11H2,1-3H3,(H,19,24). The molecule has 3 rings (SSSR count). The van der Waals surface area contributed by atoms with Gasteiger partial charge in [-0.3, -0.25) is 9.48 Å². The lowest BCUT2D eigenvalue weighted by atomic mass is 10.2. The third-order valence-electron chi connectivity index (χ3n) is 3.93. The van der Waals surface area contributed by atoms with Crippen LogP contribution in [0.5, 0.6) is 5.75 Å². The number of para-hydroxylation sites is 1. The Morgan fingerprint density at radius 3 is 2.59 bits per heavy atom. The number of anilines is 1. The molecule has 9 nitrogen and oxygen atoms in total. The highest BCUT2D eigenvalue weighted by atomic mass is 16.5. The van der Waals surface area contributed by atoms with Crippen molar-refractivity contribution in [1.29, 1.82) is 0 Å². The van der Waals surface area contributed by atoms with Crippen LogP contribution in [0.15, 0.2) is 42.6 Å². The molecule has 2 heterocycles. The number of hydrogen-bond donors (Lipinski definition) is 1. The highest BCUT2D eigenvalue weighted by molar-refractivity contribution is 6.06. The van der Waals surface area contributed by atoms with Crippen molar-refractivity contribution < 1.29 is 19.1 Å². The van der Waals surface area contributed by atoms with Crippen LogP contribution < -0.4 is 10.1 Å². The fourth-order valence-electron chi connectivity index (χ4n) is 2.39. The zero-order chi connectivity index (χ0) is 19.4. The van der Waals surface area contributed by atoms with E-state index in [0.717, 1.165) is 0 Å². The summed E-state index contributed by atoms with van der Waals surface area (Å²) in [5.41, 5.74) is 1.14. The molecule has 0 saturated heterocycles. The van der Waals surface area contributed by atoms with E-state index in [4.69, 9.17) is 9.47 Å². The molecule has 1 N–H and O–H groups in total. The second kappa shape index (κ2) is 7.73. The summed E-state index contributed by atoms with van der Waals surface area (Å²) < 4.78 is 13.3. The smallest absolute Gasteiger partial charge is 0.360 e. The quantitative estimate of drug-likeness (QED) is 0.667. The fourth-order valence-corrected chi connectivity index (χ4v) is 2.39. The molecule has 9 heteroatoms. The SMILES string of the molecule is COC(=O)c1nn(C)c(C)c1NC(=O)c1ccn(COc2ccccc2)n1. The Hall–Kier alpha value is -3.62. The zero-order valence-electron chi connectivity index (χ0n) is 15.2. The molecule has 0 fully saturated rings. The Morgan fingerprint density at radius 2 is 1.89 bits per heavy atom. The highest BCUT2D eigenvalue weighted by Crippen LogP contribution is 2.21. The van der Waals surface area contributed by atoms with Gasteiger partial charge in [0.2, 0.25) is 0 Å². The molecule has 1 amide bonds. The van der Waals surface area contributed by atoms with E-state index in [1.165, 1.54) is 16.5 Å². The van der Waals surface area contributed by atoms with Gasteiger partial charge in [0.1, 0.15) is 5.75 Å². The number of benzene rings is 1. The number of hydrogen-bond acceptors (Lipinski definition) is 6. The lowest BCUT2D eigenvalue weighted by Gasteiger charge is -2.06. The first kappa shape index (κ1) is 18.2. The Balaban J connectivity index is 1.71. The van der Waals surface area contributed by atoms with Crippen LogP contribution in [-0.4, -0.2) is 38.5 Å². The Bertz CT molecular complexity index is 962. The summed E-state index contributed by atoms with van der Waals surface area (Å²) in [6.45, 7) is 1.90. The molecule has 1 aromatic carbocycles. The molecule has 0 radical (unpaired) electrons. The number of aryl methyl sites for hydroxylation is 1. The molecule has 140 valence electrons. The maximum atomic E-state index is 12.5. The number of esters is 1. The van der Waals surface area contributed by atoms with Gasteiger partial charge in [-0.25, -0.2) is 9.48 Å². The van der Waals surface area contributed by atoms with Crippen LogP contribution in [0.25, 0.3) is 0 Å². The van der Waals surface area contributed by atoms with Crippen LogP contribution in [0.2, 0.25) is 0 Å². The van der Waals surface area contributed by atoms with Gasteiger partial charge in [-0.1, -0.05) is 18.2 Å². The molecule has 0 bridgehead atoms. The summed E-state index contributed by atoms with van der Waals surface area (Å²) >= 11 is 0. The largest absolute Gasteiger partial charge is 0.471 e. The average Bonchev–Trinajstić information content (AvgIpc) is 3.27. The highest BCUT2D eigenvalue weighted by Gasteiger charge is 2.23. The number of rotatable bonds is 6. The lowest BCUT2D eigenvalue weighted by molar-refractivity contribution is 0.0594. The Kier molecular flexibility index (Phi) is 5.20. The zero-order valence-corrected chi connectivity index (χ0v) is 15.2. The van der Waals surface area contributed by atoms with Gasteiger partial charge in [0.15, 0.2) is 18.1 Å². The summed E-state index contributed by atoms with van der Waals surface area (Å²) in [5.74, 6) is -0.391. The third-order valence-corrected chi connectivity index (χ3v) is 3.93. The van der Waals surface area contributed by atoms with E-state index < -0.39 is 11.9 Å². The van der Waals surface area contributed by atoms with Crippen LogP contribution in [0, 0.1) is 6.92 Å². The second-order valence-electron chi connectivity index (χ2n) is 5.71. The van der Waals surface area contributed by atoms with Crippen LogP contribution in [0.4, 0.5) is 5.69 Å². The maximum absolute atomic E-state index is 12.5. The van der Waals surface area contributed by atoms with Gasteiger partial charge in [0.25, 0.3) is 5.91 Å². The van der Waals surface area contributed by atoms with Crippen molar-refractivity contribution in [3.05, 3.63) is 59.7 Å².